The van der Waals surface area contributed by atoms with Crippen molar-refractivity contribution in [2.45, 2.75) is 31.2 Å². The molecule has 1 aliphatic rings. The van der Waals surface area contributed by atoms with Crippen LogP contribution in [-0.4, -0.2) is 24.9 Å². The van der Waals surface area contributed by atoms with Gasteiger partial charge in [0.05, 0.1) is 11.2 Å². The predicted molar refractivity (Wildman–Crippen MR) is 86.2 cm³/mol. The summed E-state index contributed by atoms with van der Waals surface area (Å²) in [6.07, 6.45) is 7.22. The van der Waals surface area contributed by atoms with Crippen molar-refractivity contribution in [1.29, 1.82) is 0 Å². The Labute approximate surface area is 139 Å². The molecule has 0 aliphatic heterocycles. The summed E-state index contributed by atoms with van der Waals surface area (Å²) in [5.74, 6) is 1.11. The molecule has 1 saturated carbocycles. The fourth-order valence-corrected chi connectivity index (χ4v) is 2.87. The van der Waals surface area contributed by atoms with Gasteiger partial charge in [-0.05, 0) is 37.1 Å². The molecule has 0 radical (unpaired) electrons. The molecule has 0 bridgehead atoms. The molecule has 2 N–H and O–H groups in total. The molecule has 0 amide bonds. The van der Waals surface area contributed by atoms with Crippen LogP contribution in [0.1, 0.15) is 31.5 Å². The quantitative estimate of drug-likeness (QED) is 0.791. The first-order chi connectivity index (χ1) is 10.7. The van der Waals surface area contributed by atoms with E-state index in [1.54, 1.807) is 11.0 Å². The van der Waals surface area contributed by atoms with Crippen molar-refractivity contribution in [2.75, 3.05) is 0 Å². The maximum atomic E-state index is 6.36. The van der Waals surface area contributed by atoms with Crippen molar-refractivity contribution >= 4 is 12.4 Å². The number of aromatic nitrogens is 5. The van der Waals surface area contributed by atoms with Crippen molar-refractivity contribution in [1.82, 2.24) is 24.9 Å². The van der Waals surface area contributed by atoms with Gasteiger partial charge in [-0.2, -0.15) is 10.1 Å². The van der Waals surface area contributed by atoms with Crippen LogP contribution in [0.25, 0.3) is 17.1 Å². The molecule has 120 valence electrons. The van der Waals surface area contributed by atoms with Crippen molar-refractivity contribution < 1.29 is 4.52 Å². The van der Waals surface area contributed by atoms with Crippen molar-refractivity contribution in [3.05, 3.63) is 42.7 Å². The number of hydrogen-bond donors (Lipinski definition) is 1. The van der Waals surface area contributed by atoms with Gasteiger partial charge < -0.3 is 10.3 Å². The van der Waals surface area contributed by atoms with Gasteiger partial charge in [-0.25, -0.2) is 9.67 Å². The maximum absolute atomic E-state index is 6.36. The molecule has 7 nitrogen and oxygen atoms in total. The summed E-state index contributed by atoms with van der Waals surface area (Å²) in [6, 6.07) is 7.71. The Bertz CT molecular complexity index is 762. The molecule has 1 aromatic carbocycles. The molecular formula is C15H17ClN6O. The SMILES string of the molecule is Cl.NC1(c2noc(-c3ccc(-n4cncn4)cc3)n2)CCCC1. The number of benzene rings is 1. The van der Waals surface area contributed by atoms with Crippen LogP contribution in [0.15, 0.2) is 41.4 Å². The van der Waals surface area contributed by atoms with Gasteiger partial charge in [-0.3, -0.25) is 0 Å². The van der Waals surface area contributed by atoms with Crippen LogP contribution in [0.5, 0.6) is 0 Å². The number of halogens is 1. The Morgan fingerprint density at radius 2 is 1.87 bits per heavy atom. The highest BCUT2D eigenvalue weighted by Gasteiger charge is 2.36. The molecule has 0 saturated heterocycles. The second kappa shape index (κ2) is 6.10. The second-order valence-corrected chi connectivity index (χ2v) is 5.67. The lowest BCUT2D eigenvalue weighted by Crippen LogP contribution is -2.34. The van der Waals surface area contributed by atoms with Crippen molar-refractivity contribution in [3.8, 4) is 17.1 Å². The first-order valence-electron chi connectivity index (χ1n) is 7.33. The highest BCUT2D eigenvalue weighted by atomic mass is 35.5. The van der Waals surface area contributed by atoms with E-state index in [1.165, 1.54) is 6.33 Å². The Balaban J connectivity index is 0.00000156. The Morgan fingerprint density at radius 1 is 1.13 bits per heavy atom. The van der Waals surface area contributed by atoms with Crippen LogP contribution in [0.3, 0.4) is 0 Å². The zero-order valence-corrected chi connectivity index (χ0v) is 13.2. The second-order valence-electron chi connectivity index (χ2n) is 5.67. The third-order valence-electron chi connectivity index (χ3n) is 4.16. The van der Waals surface area contributed by atoms with Crippen molar-refractivity contribution in [2.24, 2.45) is 5.73 Å². The van der Waals surface area contributed by atoms with Crippen LogP contribution < -0.4 is 5.73 Å². The monoisotopic (exact) mass is 332 g/mol. The van der Waals surface area contributed by atoms with Crippen LogP contribution in [0, 0.1) is 0 Å². The summed E-state index contributed by atoms with van der Waals surface area (Å²) in [7, 11) is 0. The van der Waals surface area contributed by atoms with Gasteiger partial charge in [0.25, 0.3) is 5.89 Å². The normalized spacial score (nSPS) is 16.2. The average Bonchev–Trinajstić information content (AvgIpc) is 3.29. The fraction of sp³-hybridized carbons (Fsp3) is 0.333. The highest BCUT2D eigenvalue weighted by molar-refractivity contribution is 5.85. The molecule has 1 fully saturated rings. The molecule has 2 heterocycles. The summed E-state index contributed by atoms with van der Waals surface area (Å²) in [4.78, 5) is 8.42. The third-order valence-corrected chi connectivity index (χ3v) is 4.16. The Kier molecular flexibility index (Phi) is 4.14. The largest absolute Gasteiger partial charge is 0.334 e. The van der Waals surface area contributed by atoms with E-state index in [4.69, 9.17) is 10.3 Å². The van der Waals surface area contributed by atoms with Gasteiger partial charge >= 0.3 is 0 Å². The summed E-state index contributed by atoms with van der Waals surface area (Å²) in [5.41, 5.74) is 7.72. The minimum absolute atomic E-state index is 0. The summed E-state index contributed by atoms with van der Waals surface area (Å²) >= 11 is 0. The van der Waals surface area contributed by atoms with E-state index < -0.39 is 5.54 Å². The number of nitrogens with zero attached hydrogens (tertiary/aromatic N) is 5. The molecule has 2 aromatic heterocycles. The van der Waals surface area contributed by atoms with Crippen LogP contribution in [-0.2, 0) is 5.54 Å². The summed E-state index contributed by atoms with van der Waals surface area (Å²) in [6.45, 7) is 0. The fourth-order valence-electron chi connectivity index (χ4n) is 2.87. The Hall–Kier alpha value is -2.25. The summed E-state index contributed by atoms with van der Waals surface area (Å²) < 4.78 is 7.07. The van der Waals surface area contributed by atoms with Gasteiger partial charge in [0, 0.05) is 5.56 Å². The highest BCUT2D eigenvalue weighted by Crippen LogP contribution is 2.35. The minimum Gasteiger partial charge on any atom is -0.334 e. The van der Waals surface area contributed by atoms with Crippen molar-refractivity contribution in [3.63, 3.8) is 0 Å². The summed E-state index contributed by atoms with van der Waals surface area (Å²) in [5, 5.41) is 8.17. The van der Waals surface area contributed by atoms with Gasteiger partial charge in [-0.1, -0.05) is 18.0 Å². The lowest BCUT2D eigenvalue weighted by molar-refractivity contribution is 0.372. The molecule has 4 rings (SSSR count). The smallest absolute Gasteiger partial charge is 0.257 e. The van der Waals surface area contributed by atoms with Crippen LogP contribution in [0.4, 0.5) is 0 Å². The zero-order valence-electron chi connectivity index (χ0n) is 12.4. The van der Waals surface area contributed by atoms with Gasteiger partial charge in [0.15, 0.2) is 5.82 Å². The van der Waals surface area contributed by atoms with E-state index in [0.717, 1.165) is 36.9 Å². The predicted octanol–water partition coefficient (Wildman–Crippen LogP) is 2.47. The van der Waals surface area contributed by atoms with Gasteiger partial charge in [0.2, 0.25) is 0 Å². The molecule has 23 heavy (non-hydrogen) atoms. The number of nitrogens with two attached hydrogens (primary N) is 1. The van der Waals surface area contributed by atoms with E-state index in [9.17, 15) is 0 Å². The van der Waals surface area contributed by atoms with E-state index in [1.807, 2.05) is 24.3 Å². The van der Waals surface area contributed by atoms with E-state index in [2.05, 4.69) is 20.2 Å². The number of rotatable bonds is 3. The molecule has 8 heteroatoms. The van der Waals surface area contributed by atoms with Gasteiger partial charge in [-0.15, -0.1) is 12.4 Å². The first-order valence-corrected chi connectivity index (χ1v) is 7.33. The van der Waals surface area contributed by atoms with Crippen LogP contribution >= 0.6 is 12.4 Å². The lowest BCUT2D eigenvalue weighted by atomic mass is 9.99. The lowest BCUT2D eigenvalue weighted by Gasteiger charge is -2.17. The zero-order chi connectivity index (χ0) is 15.0. The minimum atomic E-state index is -0.428. The molecule has 3 aromatic rings. The Morgan fingerprint density at radius 3 is 2.52 bits per heavy atom. The molecular weight excluding hydrogens is 316 g/mol. The molecule has 0 atom stereocenters. The molecule has 0 spiro atoms. The average molecular weight is 333 g/mol. The van der Waals surface area contributed by atoms with E-state index in [0.29, 0.717) is 11.7 Å². The molecule has 1 aliphatic carbocycles. The standard InChI is InChI=1S/C15H16N6O.ClH/c16-15(7-1-2-8-15)14-19-13(22-20-14)11-3-5-12(6-4-11)21-10-17-9-18-21;/h3-6,9-10H,1-2,7-8,16H2;1H. The third kappa shape index (κ3) is 2.85. The molecule has 0 unspecified atom stereocenters. The number of hydrogen-bond acceptors (Lipinski definition) is 6. The van der Waals surface area contributed by atoms with Gasteiger partial charge in [0.1, 0.15) is 12.7 Å². The van der Waals surface area contributed by atoms with E-state index >= 15 is 0 Å². The maximum Gasteiger partial charge on any atom is 0.257 e. The van der Waals surface area contributed by atoms with E-state index in [-0.39, 0.29) is 12.4 Å². The first kappa shape index (κ1) is 15.6. The van der Waals surface area contributed by atoms with Crippen LogP contribution in [0.2, 0.25) is 0 Å². The topological polar surface area (TPSA) is 95.7 Å².